The summed E-state index contributed by atoms with van der Waals surface area (Å²) in [5.41, 5.74) is 3.30. The number of carbonyl (C=O) groups excluding carboxylic acids is 1. The summed E-state index contributed by atoms with van der Waals surface area (Å²) in [6.07, 6.45) is 6.30. The van der Waals surface area contributed by atoms with Crippen LogP contribution in [-0.4, -0.2) is 33.2 Å². The van der Waals surface area contributed by atoms with E-state index in [-0.39, 0.29) is 5.97 Å². The molecule has 128 valence electrons. The first-order valence-electron chi connectivity index (χ1n) is 8.53. The summed E-state index contributed by atoms with van der Waals surface area (Å²) < 4.78 is 7.35. The average Bonchev–Trinajstić information content (AvgIpc) is 3.16. The summed E-state index contributed by atoms with van der Waals surface area (Å²) >= 11 is 0. The predicted octanol–water partition coefficient (Wildman–Crippen LogP) is 3.09. The molecule has 0 aliphatic carbocycles. The Labute approximate surface area is 143 Å². The zero-order chi connectivity index (χ0) is 17.1. The lowest BCUT2D eigenvalue weighted by Gasteiger charge is -2.25. The van der Waals surface area contributed by atoms with Gasteiger partial charge in [0, 0.05) is 31.9 Å². The van der Waals surface area contributed by atoms with Crippen LogP contribution in [0.2, 0.25) is 0 Å². The zero-order valence-corrected chi connectivity index (χ0v) is 14.7. The lowest BCUT2D eigenvalue weighted by atomic mass is 10.0. The van der Waals surface area contributed by atoms with Crippen LogP contribution in [0.1, 0.15) is 36.5 Å². The van der Waals surface area contributed by atoms with Gasteiger partial charge in [-0.05, 0) is 56.0 Å². The number of esters is 1. The van der Waals surface area contributed by atoms with Gasteiger partial charge < -0.3 is 4.74 Å². The molecule has 0 bridgehead atoms. The molecule has 0 amide bonds. The summed E-state index contributed by atoms with van der Waals surface area (Å²) in [6.45, 7) is 8.43. The van der Waals surface area contributed by atoms with E-state index in [0.717, 1.165) is 30.8 Å². The van der Waals surface area contributed by atoms with Crippen molar-refractivity contribution in [2.75, 3.05) is 6.54 Å². The fourth-order valence-corrected chi connectivity index (χ4v) is 3.60. The molecule has 2 aromatic rings. The average molecular weight is 327 g/mol. The second kappa shape index (κ2) is 7.18. The van der Waals surface area contributed by atoms with Crippen molar-refractivity contribution in [3.63, 3.8) is 0 Å². The minimum atomic E-state index is -0.271. The molecule has 1 saturated heterocycles. The molecule has 0 N–H and O–H groups in total. The van der Waals surface area contributed by atoms with E-state index >= 15 is 0 Å². The fourth-order valence-electron chi connectivity index (χ4n) is 3.60. The maximum absolute atomic E-state index is 11.2. The van der Waals surface area contributed by atoms with Crippen LogP contribution in [0, 0.1) is 13.8 Å². The van der Waals surface area contributed by atoms with Gasteiger partial charge in [-0.3, -0.25) is 14.4 Å². The van der Waals surface area contributed by atoms with E-state index in [4.69, 9.17) is 4.74 Å². The maximum atomic E-state index is 11.2. The number of rotatable bonds is 5. The topological polar surface area (TPSA) is 47.4 Å². The lowest BCUT2D eigenvalue weighted by molar-refractivity contribution is -0.131. The second-order valence-electron chi connectivity index (χ2n) is 6.65. The molecular weight excluding hydrogens is 302 g/mol. The Kier molecular flexibility index (Phi) is 5.00. The molecule has 0 saturated carbocycles. The number of likely N-dealkylation sites (tertiary alicyclic amines) is 1. The van der Waals surface area contributed by atoms with Crippen LogP contribution < -0.4 is 4.74 Å². The Morgan fingerprint density at radius 2 is 2.08 bits per heavy atom. The minimum absolute atomic E-state index is 0.271. The molecule has 2 heterocycles. The van der Waals surface area contributed by atoms with Crippen molar-refractivity contribution in [2.45, 2.75) is 52.7 Å². The second-order valence-corrected chi connectivity index (χ2v) is 6.65. The summed E-state index contributed by atoms with van der Waals surface area (Å²) in [4.78, 5) is 13.8. The summed E-state index contributed by atoms with van der Waals surface area (Å²) in [5.74, 6) is 0.425. The van der Waals surface area contributed by atoms with Crippen LogP contribution in [0.25, 0.3) is 0 Å². The van der Waals surface area contributed by atoms with E-state index in [1.807, 2.05) is 37.0 Å². The van der Waals surface area contributed by atoms with Gasteiger partial charge in [-0.2, -0.15) is 5.10 Å². The molecular formula is C19H25N3O2. The molecule has 1 aromatic carbocycles. The third-order valence-corrected chi connectivity index (χ3v) is 4.61. The number of hydrogen-bond acceptors (Lipinski definition) is 4. The number of carbonyl (C=O) groups is 1. The van der Waals surface area contributed by atoms with Crippen molar-refractivity contribution in [1.29, 1.82) is 0 Å². The van der Waals surface area contributed by atoms with Gasteiger partial charge in [0.05, 0.1) is 6.54 Å². The van der Waals surface area contributed by atoms with Crippen LogP contribution in [0.3, 0.4) is 0 Å². The lowest BCUT2D eigenvalue weighted by Crippen LogP contribution is -2.32. The Morgan fingerprint density at radius 3 is 2.71 bits per heavy atom. The van der Waals surface area contributed by atoms with Crippen LogP contribution in [0.4, 0.5) is 0 Å². The van der Waals surface area contributed by atoms with Crippen LogP contribution in [-0.2, 0) is 17.9 Å². The van der Waals surface area contributed by atoms with E-state index in [1.165, 1.54) is 25.3 Å². The van der Waals surface area contributed by atoms with Crippen LogP contribution in [0.15, 0.2) is 30.6 Å². The summed E-state index contributed by atoms with van der Waals surface area (Å²) in [5, 5.41) is 4.33. The van der Waals surface area contributed by atoms with Gasteiger partial charge in [0.2, 0.25) is 0 Å². The Balaban J connectivity index is 1.71. The van der Waals surface area contributed by atoms with Gasteiger partial charge in [-0.15, -0.1) is 0 Å². The Hall–Kier alpha value is -2.14. The molecule has 1 atom stereocenters. The summed E-state index contributed by atoms with van der Waals surface area (Å²) in [7, 11) is 0. The van der Waals surface area contributed by atoms with Gasteiger partial charge in [0.1, 0.15) is 5.75 Å². The number of aromatic nitrogens is 2. The van der Waals surface area contributed by atoms with Crippen molar-refractivity contribution in [1.82, 2.24) is 14.7 Å². The smallest absolute Gasteiger partial charge is 0.308 e. The van der Waals surface area contributed by atoms with Crippen molar-refractivity contribution in [3.05, 3.63) is 47.3 Å². The number of nitrogens with zero attached hydrogens (tertiary/aromatic N) is 3. The third-order valence-electron chi connectivity index (χ3n) is 4.61. The van der Waals surface area contributed by atoms with Gasteiger partial charge in [0.25, 0.3) is 0 Å². The molecule has 1 fully saturated rings. The number of aryl methyl sites for hydroxylation is 2. The fraction of sp³-hybridized carbons (Fsp3) is 0.474. The molecule has 0 unspecified atom stereocenters. The van der Waals surface area contributed by atoms with Gasteiger partial charge in [0.15, 0.2) is 0 Å². The van der Waals surface area contributed by atoms with E-state index in [1.54, 1.807) is 0 Å². The van der Waals surface area contributed by atoms with Crippen molar-refractivity contribution in [2.24, 2.45) is 0 Å². The zero-order valence-electron chi connectivity index (χ0n) is 14.7. The maximum Gasteiger partial charge on any atom is 0.308 e. The van der Waals surface area contributed by atoms with Crippen LogP contribution >= 0.6 is 0 Å². The highest BCUT2D eigenvalue weighted by molar-refractivity contribution is 5.70. The minimum Gasteiger partial charge on any atom is -0.426 e. The SMILES string of the molecule is CC(=O)Oc1c(C)cc(CN2CCC[C@H]2Cn2cccn2)cc1C. The number of ether oxygens (including phenoxy) is 1. The molecule has 0 spiro atoms. The monoisotopic (exact) mass is 327 g/mol. The molecule has 24 heavy (non-hydrogen) atoms. The first-order valence-corrected chi connectivity index (χ1v) is 8.53. The molecule has 1 aromatic heterocycles. The molecule has 0 radical (unpaired) electrons. The number of benzene rings is 1. The van der Waals surface area contributed by atoms with Crippen molar-refractivity contribution < 1.29 is 9.53 Å². The van der Waals surface area contributed by atoms with Crippen molar-refractivity contribution >= 4 is 5.97 Å². The highest BCUT2D eigenvalue weighted by Gasteiger charge is 2.25. The van der Waals surface area contributed by atoms with Crippen LogP contribution in [0.5, 0.6) is 5.75 Å². The quantitative estimate of drug-likeness (QED) is 0.625. The summed E-state index contributed by atoms with van der Waals surface area (Å²) in [6, 6.07) is 6.77. The van der Waals surface area contributed by atoms with E-state index in [0.29, 0.717) is 11.8 Å². The molecule has 5 heteroatoms. The first-order chi connectivity index (χ1) is 11.5. The third kappa shape index (κ3) is 3.85. The van der Waals surface area contributed by atoms with Crippen molar-refractivity contribution in [3.8, 4) is 5.75 Å². The predicted molar refractivity (Wildman–Crippen MR) is 92.9 cm³/mol. The van der Waals surface area contributed by atoms with Gasteiger partial charge in [-0.25, -0.2) is 0 Å². The highest BCUT2D eigenvalue weighted by atomic mass is 16.5. The van der Waals surface area contributed by atoms with Gasteiger partial charge >= 0.3 is 5.97 Å². The standard InChI is InChI=1S/C19H25N3O2/c1-14-10-17(11-15(2)19(14)24-16(3)23)12-21-8-4-6-18(21)13-22-9-5-7-20-22/h5,7,9-11,18H,4,6,8,12-13H2,1-3H3/t18-/m0/s1. The van der Waals surface area contributed by atoms with E-state index < -0.39 is 0 Å². The number of hydrogen-bond donors (Lipinski definition) is 0. The molecule has 1 aliphatic rings. The Morgan fingerprint density at radius 1 is 1.33 bits per heavy atom. The Bertz CT molecular complexity index is 686. The normalized spacial score (nSPS) is 18.0. The van der Waals surface area contributed by atoms with E-state index in [2.05, 4.69) is 22.1 Å². The largest absolute Gasteiger partial charge is 0.426 e. The van der Waals surface area contributed by atoms with E-state index in [9.17, 15) is 4.79 Å². The molecule has 1 aliphatic heterocycles. The molecule has 5 nitrogen and oxygen atoms in total. The highest BCUT2D eigenvalue weighted by Crippen LogP contribution is 2.27. The molecule has 3 rings (SSSR count). The van der Waals surface area contributed by atoms with Gasteiger partial charge in [-0.1, -0.05) is 12.1 Å². The first kappa shape index (κ1) is 16.7.